The standard InChI is InChI=1S/C15H13FN2OS/c1-19-14-8-13(11(16)7-12(14)17)18-10-2-3-15-9(6-10)4-5-20-15/h2-8,18H,17H2,1H3. The number of rotatable bonds is 3. The van der Waals surface area contributed by atoms with E-state index in [0.717, 1.165) is 11.1 Å². The zero-order valence-corrected chi connectivity index (χ0v) is 11.6. The van der Waals surface area contributed by atoms with Gasteiger partial charge >= 0.3 is 0 Å². The maximum Gasteiger partial charge on any atom is 0.148 e. The summed E-state index contributed by atoms with van der Waals surface area (Å²) in [4.78, 5) is 0. The molecular formula is C15H13FN2OS. The SMILES string of the molecule is COc1cc(Nc2ccc3sccc3c2)c(F)cc1N. The highest BCUT2D eigenvalue weighted by atomic mass is 32.1. The van der Waals surface area contributed by atoms with Gasteiger partial charge in [0, 0.05) is 22.5 Å². The van der Waals surface area contributed by atoms with Crippen molar-refractivity contribution in [1.29, 1.82) is 0 Å². The van der Waals surface area contributed by atoms with Crippen LogP contribution in [-0.4, -0.2) is 7.11 Å². The molecule has 0 unspecified atom stereocenters. The maximum atomic E-state index is 13.9. The van der Waals surface area contributed by atoms with Crippen LogP contribution < -0.4 is 15.8 Å². The van der Waals surface area contributed by atoms with Crippen molar-refractivity contribution in [3.8, 4) is 5.75 Å². The van der Waals surface area contributed by atoms with E-state index >= 15 is 0 Å². The third-order valence-corrected chi connectivity index (χ3v) is 3.95. The number of ether oxygens (including phenoxy) is 1. The number of benzene rings is 2. The Morgan fingerprint density at radius 3 is 2.85 bits per heavy atom. The number of nitrogen functional groups attached to an aromatic ring is 1. The predicted octanol–water partition coefficient (Wildman–Crippen LogP) is 4.37. The Bertz CT molecular complexity index is 770. The number of hydrogen-bond donors (Lipinski definition) is 2. The molecule has 102 valence electrons. The number of hydrogen-bond acceptors (Lipinski definition) is 4. The molecule has 0 bridgehead atoms. The number of nitrogens with one attached hydrogen (secondary N) is 1. The van der Waals surface area contributed by atoms with Crippen LogP contribution in [0.3, 0.4) is 0 Å². The highest BCUT2D eigenvalue weighted by Crippen LogP contribution is 2.31. The summed E-state index contributed by atoms with van der Waals surface area (Å²) in [6.07, 6.45) is 0. The van der Waals surface area contributed by atoms with E-state index in [2.05, 4.69) is 5.32 Å². The lowest BCUT2D eigenvalue weighted by Gasteiger charge is -2.11. The van der Waals surface area contributed by atoms with Gasteiger partial charge in [-0.15, -0.1) is 11.3 Å². The second-order valence-corrected chi connectivity index (χ2v) is 5.32. The molecule has 3 nitrogen and oxygen atoms in total. The fourth-order valence-electron chi connectivity index (χ4n) is 2.04. The fraction of sp³-hybridized carbons (Fsp3) is 0.0667. The molecule has 0 saturated heterocycles. The van der Waals surface area contributed by atoms with Gasteiger partial charge in [-0.3, -0.25) is 0 Å². The van der Waals surface area contributed by atoms with E-state index in [0.29, 0.717) is 11.4 Å². The minimum Gasteiger partial charge on any atom is -0.495 e. The largest absolute Gasteiger partial charge is 0.495 e. The van der Waals surface area contributed by atoms with E-state index in [1.54, 1.807) is 17.4 Å². The van der Waals surface area contributed by atoms with Crippen LogP contribution in [0.4, 0.5) is 21.5 Å². The van der Waals surface area contributed by atoms with Gasteiger partial charge in [0.05, 0.1) is 18.5 Å². The molecule has 2 aromatic carbocycles. The second kappa shape index (κ2) is 5.02. The number of fused-ring (bicyclic) bond motifs is 1. The Labute approximate surface area is 119 Å². The number of methoxy groups -OCH3 is 1. The molecule has 3 rings (SSSR count). The number of anilines is 3. The molecule has 0 atom stereocenters. The van der Waals surface area contributed by atoms with Gasteiger partial charge in [0.25, 0.3) is 0 Å². The van der Waals surface area contributed by atoms with Crippen LogP contribution >= 0.6 is 11.3 Å². The first kappa shape index (κ1) is 12.7. The zero-order valence-electron chi connectivity index (χ0n) is 10.8. The monoisotopic (exact) mass is 288 g/mol. The minimum atomic E-state index is -0.409. The van der Waals surface area contributed by atoms with Gasteiger partial charge in [-0.1, -0.05) is 0 Å². The lowest BCUT2D eigenvalue weighted by atomic mass is 10.2. The van der Waals surface area contributed by atoms with Gasteiger partial charge in [0.2, 0.25) is 0 Å². The molecule has 0 aliphatic heterocycles. The van der Waals surface area contributed by atoms with E-state index in [9.17, 15) is 4.39 Å². The molecule has 1 aromatic heterocycles. The fourth-order valence-corrected chi connectivity index (χ4v) is 2.81. The molecule has 0 aliphatic rings. The maximum absolute atomic E-state index is 13.9. The molecule has 0 radical (unpaired) electrons. The van der Waals surface area contributed by atoms with Crippen LogP contribution in [0.15, 0.2) is 41.8 Å². The van der Waals surface area contributed by atoms with Crippen molar-refractivity contribution in [3.05, 3.63) is 47.6 Å². The summed E-state index contributed by atoms with van der Waals surface area (Å²) in [5.74, 6) is 0.0410. The van der Waals surface area contributed by atoms with Gasteiger partial charge in [-0.2, -0.15) is 0 Å². The first-order valence-electron chi connectivity index (χ1n) is 6.04. The summed E-state index contributed by atoms with van der Waals surface area (Å²) in [5.41, 5.74) is 7.10. The molecule has 0 spiro atoms. The van der Waals surface area contributed by atoms with Crippen molar-refractivity contribution in [1.82, 2.24) is 0 Å². The van der Waals surface area contributed by atoms with Gasteiger partial charge in [0.1, 0.15) is 11.6 Å². The second-order valence-electron chi connectivity index (χ2n) is 4.37. The van der Waals surface area contributed by atoms with Gasteiger partial charge in [-0.25, -0.2) is 4.39 Å². The molecule has 0 aliphatic carbocycles. The molecule has 0 saturated carbocycles. The van der Waals surface area contributed by atoms with E-state index in [-0.39, 0.29) is 5.69 Å². The summed E-state index contributed by atoms with van der Waals surface area (Å²) < 4.78 is 20.2. The first-order chi connectivity index (χ1) is 9.67. The Hall–Kier alpha value is -2.27. The van der Waals surface area contributed by atoms with Crippen LogP contribution in [0, 0.1) is 5.82 Å². The Morgan fingerprint density at radius 1 is 1.20 bits per heavy atom. The Morgan fingerprint density at radius 2 is 2.05 bits per heavy atom. The lowest BCUT2D eigenvalue weighted by molar-refractivity contribution is 0.416. The average Bonchev–Trinajstić information content (AvgIpc) is 2.89. The predicted molar refractivity (Wildman–Crippen MR) is 82.5 cm³/mol. The normalized spacial score (nSPS) is 10.7. The zero-order chi connectivity index (χ0) is 14.1. The van der Waals surface area contributed by atoms with Crippen molar-refractivity contribution in [2.45, 2.75) is 0 Å². The van der Waals surface area contributed by atoms with Crippen LogP contribution in [0.1, 0.15) is 0 Å². The highest BCUT2D eigenvalue weighted by molar-refractivity contribution is 7.17. The van der Waals surface area contributed by atoms with E-state index in [1.165, 1.54) is 17.9 Å². The topological polar surface area (TPSA) is 47.3 Å². The molecule has 20 heavy (non-hydrogen) atoms. The molecule has 3 N–H and O–H groups in total. The third-order valence-electron chi connectivity index (χ3n) is 3.05. The molecule has 0 fully saturated rings. The summed E-state index contributed by atoms with van der Waals surface area (Å²) in [5, 5.41) is 6.21. The van der Waals surface area contributed by atoms with Gasteiger partial charge in [0.15, 0.2) is 0 Å². The molecule has 0 amide bonds. The summed E-state index contributed by atoms with van der Waals surface area (Å²) >= 11 is 1.68. The number of thiophene rings is 1. The summed E-state index contributed by atoms with van der Waals surface area (Å²) in [6, 6.07) is 10.8. The van der Waals surface area contributed by atoms with E-state index < -0.39 is 5.82 Å². The number of nitrogens with two attached hydrogens (primary N) is 1. The van der Waals surface area contributed by atoms with Crippen molar-refractivity contribution in [2.24, 2.45) is 0 Å². The van der Waals surface area contributed by atoms with Crippen LogP contribution in [0.2, 0.25) is 0 Å². The third kappa shape index (κ3) is 2.28. The van der Waals surface area contributed by atoms with Crippen molar-refractivity contribution >= 4 is 38.5 Å². The molecule has 3 aromatic rings. The minimum absolute atomic E-state index is 0.281. The summed E-state index contributed by atoms with van der Waals surface area (Å²) in [6.45, 7) is 0. The average molecular weight is 288 g/mol. The smallest absolute Gasteiger partial charge is 0.148 e. The quantitative estimate of drug-likeness (QED) is 0.703. The van der Waals surface area contributed by atoms with Crippen LogP contribution in [0.25, 0.3) is 10.1 Å². The van der Waals surface area contributed by atoms with Crippen molar-refractivity contribution in [3.63, 3.8) is 0 Å². The molecule has 5 heteroatoms. The Kier molecular flexibility index (Phi) is 3.20. The molecular weight excluding hydrogens is 275 g/mol. The van der Waals surface area contributed by atoms with Crippen molar-refractivity contribution in [2.75, 3.05) is 18.2 Å². The Balaban J connectivity index is 1.97. The lowest BCUT2D eigenvalue weighted by Crippen LogP contribution is -1.98. The van der Waals surface area contributed by atoms with E-state index in [4.69, 9.17) is 10.5 Å². The van der Waals surface area contributed by atoms with Crippen LogP contribution in [0.5, 0.6) is 5.75 Å². The molecule has 1 heterocycles. The highest BCUT2D eigenvalue weighted by Gasteiger charge is 2.09. The summed E-state index contributed by atoms with van der Waals surface area (Å²) in [7, 11) is 1.50. The number of halogens is 1. The van der Waals surface area contributed by atoms with Gasteiger partial charge < -0.3 is 15.8 Å². The van der Waals surface area contributed by atoms with Crippen LogP contribution in [-0.2, 0) is 0 Å². The van der Waals surface area contributed by atoms with Gasteiger partial charge in [-0.05, 0) is 35.0 Å². The van der Waals surface area contributed by atoms with Crippen molar-refractivity contribution < 1.29 is 9.13 Å². The first-order valence-corrected chi connectivity index (χ1v) is 6.92. The van der Waals surface area contributed by atoms with E-state index in [1.807, 2.05) is 29.6 Å².